The summed E-state index contributed by atoms with van der Waals surface area (Å²) in [4.78, 5) is 39.7. The summed E-state index contributed by atoms with van der Waals surface area (Å²) in [6.07, 6.45) is 2.07. The van der Waals surface area contributed by atoms with Crippen molar-refractivity contribution < 1.29 is 22.8 Å². The fraction of sp³-hybridized carbons (Fsp3) is 0.375. The highest BCUT2D eigenvalue weighted by molar-refractivity contribution is 7.89. The van der Waals surface area contributed by atoms with Gasteiger partial charge in [-0.05, 0) is 54.7 Å². The lowest BCUT2D eigenvalue weighted by molar-refractivity contribution is -0.134. The van der Waals surface area contributed by atoms with E-state index in [0.717, 1.165) is 28.9 Å². The summed E-state index contributed by atoms with van der Waals surface area (Å²) in [5.74, 6) is -0.982. The number of amides is 4. The molecule has 0 saturated carbocycles. The lowest BCUT2D eigenvalue weighted by Gasteiger charge is -2.33. The minimum Gasteiger partial charge on any atom is -0.325 e. The summed E-state index contributed by atoms with van der Waals surface area (Å²) < 4.78 is 26.6. The van der Waals surface area contributed by atoms with Gasteiger partial charge in [0.25, 0.3) is 5.91 Å². The maximum atomic E-state index is 13.3. The Kier molecular flexibility index (Phi) is 6.46. The van der Waals surface area contributed by atoms with Crippen molar-refractivity contribution in [2.75, 3.05) is 25.0 Å². The van der Waals surface area contributed by atoms with E-state index in [1.807, 2.05) is 24.3 Å². The SMILES string of the molecule is CCN(CC)S(=O)(=O)c1ccc(NC(=O)CN2C(=O)N[C@]3(CCCc4ccccc43)C2=O)cc1. The lowest BCUT2D eigenvalue weighted by atomic mass is 9.76. The summed E-state index contributed by atoms with van der Waals surface area (Å²) in [5.41, 5.74) is 1.04. The number of aryl methyl sites for hydroxylation is 1. The van der Waals surface area contributed by atoms with Gasteiger partial charge >= 0.3 is 6.03 Å². The van der Waals surface area contributed by atoms with Crippen molar-refractivity contribution in [1.29, 1.82) is 0 Å². The highest BCUT2D eigenvalue weighted by atomic mass is 32.2. The molecule has 1 aliphatic carbocycles. The highest BCUT2D eigenvalue weighted by Crippen LogP contribution is 2.39. The van der Waals surface area contributed by atoms with E-state index in [-0.39, 0.29) is 4.90 Å². The first-order valence-corrected chi connectivity index (χ1v) is 12.8. The number of carbonyl (C=O) groups excluding carboxylic acids is 3. The molecule has 1 saturated heterocycles. The van der Waals surface area contributed by atoms with Crippen LogP contribution in [0.1, 0.15) is 37.8 Å². The zero-order valence-electron chi connectivity index (χ0n) is 19.2. The Morgan fingerprint density at radius 2 is 1.76 bits per heavy atom. The van der Waals surface area contributed by atoms with Crippen LogP contribution in [0.25, 0.3) is 0 Å². The molecule has 2 aromatic carbocycles. The van der Waals surface area contributed by atoms with Gasteiger partial charge in [-0.3, -0.25) is 14.5 Å². The van der Waals surface area contributed by atoms with E-state index in [2.05, 4.69) is 10.6 Å². The Morgan fingerprint density at radius 1 is 1.09 bits per heavy atom. The van der Waals surface area contributed by atoms with Gasteiger partial charge in [0, 0.05) is 18.8 Å². The van der Waals surface area contributed by atoms with Crippen molar-refractivity contribution in [3.63, 3.8) is 0 Å². The summed E-state index contributed by atoms with van der Waals surface area (Å²) in [5, 5.41) is 5.46. The second kappa shape index (κ2) is 9.19. The standard InChI is InChI=1S/C24H28N4O5S/c1-3-27(4-2)34(32,33)19-13-11-18(12-14-19)25-21(29)16-28-22(30)24(26-23(28)31)15-7-9-17-8-5-6-10-20(17)24/h5-6,8,10-14H,3-4,7,9,15-16H2,1-2H3,(H,25,29)(H,26,31)/t24-/m0/s1. The topological polar surface area (TPSA) is 116 Å². The first-order chi connectivity index (χ1) is 16.2. The largest absolute Gasteiger partial charge is 0.325 e. The van der Waals surface area contributed by atoms with Gasteiger partial charge in [0.2, 0.25) is 15.9 Å². The summed E-state index contributed by atoms with van der Waals surface area (Å²) in [6, 6.07) is 12.8. The number of nitrogens with one attached hydrogen (secondary N) is 2. The van der Waals surface area contributed by atoms with Crippen LogP contribution in [-0.2, 0) is 31.6 Å². The molecule has 34 heavy (non-hydrogen) atoms. The van der Waals surface area contributed by atoms with E-state index in [4.69, 9.17) is 0 Å². The molecule has 4 amide bonds. The van der Waals surface area contributed by atoms with E-state index in [1.165, 1.54) is 28.6 Å². The number of urea groups is 1. The second-order valence-corrected chi connectivity index (χ2v) is 10.3. The quantitative estimate of drug-likeness (QED) is 0.586. The Balaban J connectivity index is 1.46. The van der Waals surface area contributed by atoms with Crippen LogP contribution >= 0.6 is 0 Å². The maximum absolute atomic E-state index is 13.3. The molecule has 0 unspecified atom stereocenters. The van der Waals surface area contributed by atoms with E-state index in [1.54, 1.807) is 13.8 Å². The first-order valence-electron chi connectivity index (χ1n) is 11.4. The molecule has 4 rings (SSSR count). The third-order valence-electron chi connectivity index (χ3n) is 6.43. The molecule has 2 N–H and O–H groups in total. The van der Waals surface area contributed by atoms with Crippen molar-refractivity contribution in [3.05, 3.63) is 59.7 Å². The van der Waals surface area contributed by atoms with Crippen molar-refractivity contribution in [3.8, 4) is 0 Å². The fourth-order valence-corrected chi connectivity index (χ4v) is 6.18. The molecule has 180 valence electrons. The van der Waals surface area contributed by atoms with Crippen LogP contribution in [0, 0.1) is 0 Å². The normalized spacial score (nSPS) is 19.9. The molecule has 0 bridgehead atoms. The van der Waals surface area contributed by atoms with E-state index in [0.29, 0.717) is 25.2 Å². The number of hydrogen-bond donors (Lipinski definition) is 2. The lowest BCUT2D eigenvalue weighted by Crippen LogP contribution is -2.47. The van der Waals surface area contributed by atoms with Gasteiger partial charge in [0.1, 0.15) is 12.1 Å². The predicted octanol–water partition coefficient (Wildman–Crippen LogP) is 2.44. The van der Waals surface area contributed by atoms with Crippen LogP contribution in [0.5, 0.6) is 0 Å². The van der Waals surface area contributed by atoms with Gasteiger partial charge in [-0.1, -0.05) is 38.1 Å². The minimum atomic E-state index is -3.61. The van der Waals surface area contributed by atoms with Crippen LogP contribution in [0.2, 0.25) is 0 Å². The zero-order chi connectivity index (χ0) is 24.5. The molecule has 0 radical (unpaired) electrons. The summed E-state index contributed by atoms with van der Waals surface area (Å²) in [7, 11) is -3.61. The summed E-state index contributed by atoms with van der Waals surface area (Å²) >= 11 is 0. The Hall–Kier alpha value is -3.24. The minimum absolute atomic E-state index is 0.126. The smallest absolute Gasteiger partial charge is 0.325 e. The third kappa shape index (κ3) is 4.07. The molecule has 1 aliphatic heterocycles. The Bertz CT molecular complexity index is 1220. The molecule has 2 aromatic rings. The molecule has 1 atom stereocenters. The van der Waals surface area contributed by atoms with Crippen molar-refractivity contribution >= 4 is 33.6 Å². The van der Waals surface area contributed by atoms with Gasteiger partial charge in [0.15, 0.2) is 0 Å². The monoisotopic (exact) mass is 484 g/mol. The number of rotatable bonds is 7. The molecule has 0 aromatic heterocycles. The molecule has 1 fully saturated rings. The highest BCUT2D eigenvalue weighted by Gasteiger charge is 2.54. The van der Waals surface area contributed by atoms with Crippen LogP contribution in [0.3, 0.4) is 0 Å². The van der Waals surface area contributed by atoms with Gasteiger partial charge in [-0.15, -0.1) is 0 Å². The predicted molar refractivity (Wildman–Crippen MR) is 126 cm³/mol. The molecule has 9 nitrogen and oxygen atoms in total. The number of anilines is 1. The van der Waals surface area contributed by atoms with Crippen LogP contribution in [0.15, 0.2) is 53.4 Å². The number of nitrogens with zero attached hydrogens (tertiary/aromatic N) is 2. The van der Waals surface area contributed by atoms with E-state index >= 15 is 0 Å². The number of fused-ring (bicyclic) bond motifs is 2. The number of carbonyl (C=O) groups is 3. The van der Waals surface area contributed by atoms with Crippen molar-refractivity contribution in [2.45, 2.75) is 43.5 Å². The zero-order valence-corrected chi connectivity index (χ0v) is 20.0. The fourth-order valence-electron chi connectivity index (χ4n) is 4.72. The Morgan fingerprint density at radius 3 is 2.44 bits per heavy atom. The van der Waals surface area contributed by atoms with E-state index in [9.17, 15) is 22.8 Å². The first kappa shape index (κ1) is 23.9. The number of imide groups is 1. The second-order valence-electron chi connectivity index (χ2n) is 8.40. The molecule has 10 heteroatoms. The number of benzene rings is 2. The van der Waals surface area contributed by atoms with Gasteiger partial charge < -0.3 is 10.6 Å². The van der Waals surface area contributed by atoms with E-state index < -0.39 is 40.0 Å². The molecular formula is C24H28N4O5S. The average Bonchev–Trinajstić information content (AvgIpc) is 3.05. The maximum Gasteiger partial charge on any atom is 0.325 e. The summed E-state index contributed by atoms with van der Waals surface area (Å²) in [6.45, 7) is 3.81. The molecular weight excluding hydrogens is 456 g/mol. The van der Waals surface area contributed by atoms with Gasteiger partial charge in [0.05, 0.1) is 4.90 Å². The van der Waals surface area contributed by atoms with Gasteiger partial charge in [-0.2, -0.15) is 4.31 Å². The van der Waals surface area contributed by atoms with Crippen LogP contribution < -0.4 is 10.6 Å². The van der Waals surface area contributed by atoms with Crippen LogP contribution in [-0.4, -0.2) is 55.1 Å². The third-order valence-corrected chi connectivity index (χ3v) is 8.50. The molecule has 1 spiro atoms. The Labute approximate surface area is 199 Å². The van der Waals surface area contributed by atoms with Crippen LogP contribution in [0.4, 0.5) is 10.5 Å². The number of sulfonamides is 1. The van der Waals surface area contributed by atoms with Gasteiger partial charge in [-0.25, -0.2) is 13.2 Å². The molecule has 2 aliphatic rings. The average molecular weight is 485 g/mol. The number of hydrogen-bond acceptors (Lipinski definition) is 5. The van der Waals surface area contributed by atoms with Crippen molar-refractivity contribution in [2.24, 2.45) is 0 Å². The molecule has 1 heterocycles. The van der Waals surface area contributed by atoms with Crippen molar-refractivity contribution in [1.82, 2.24) is 14.5 Å².